The minimum Gasteiger partial charge on any atom is -0.490 e. The molecular weight excluding hydrogens is 350 g/mol. The molecule has 3 rings (SSSR count). The van der Waals surface area contributed by atoms with Gasteiger partial charge in [-0.2, -0.15) is 0 Å². The summed E-state index contributed by atoms with van der Waals surface area (Å²) in [5.41, 5.74) is 4.70. The number of aryl methyl sites for hydroxylation is 3. The van der Waals surface area contributed by atoms with Crippen LogP contribution in [0.1, 0.15) is 41.0 Å². The van der Waals surface area contributed by atoms with E-state index >= 15 is 0 Å². The third-order valence-electron chi connectivity index (χ3n) is 4.47. The van der Waals surface area contributed by atoms with Crippen LogP contribution in [0.15, 0.2) is 60.7 Å². The van der Waals surface area contributed by atoms with Crippen LogP contribution in [0, 0.1) is 6.92 Å². The summed E-state index contributed by atoms with van der Waals surface area (Å²) in [4.78, 5) is 16.4. The fraction of sp³-hybridized carbons (Fsp3) is 0.250. The number of nitrogens with zero attached hydrogens (tertiary/aromatic N) is 1. The lowest BCUT2D eigenvalue weighted by Crippen LogP contribution is -2.09. The molecule has 4 nitrogen and oxygen atoms in total. The van der Waals surface area contributed by atoms with Crippen LogP contribution in [0.5, 0.6) is 5.75 Å². The van der Waals surface area contributed by atoms with E-state index in [1.54, 1.807) is 12.1 Å². The van der Waals surface area contributed by atoms with Crippen molar-refractivity contribution >= 4 is 5.97 Å². The fourth-order valence-corrected chi connectivity index (χ4v) is 3.14. The lowest BCUT2D eigenvalue weighted by molar-refractivity contribution is 0.0695. The quantitative estimate of drug-likeness (QED) is 0.606. The lowest BCUT2D eigenvalue weighted by atomic mass is 10.0. The number of rotatable bonds is 7. The Morgan fingerprint density at radius 2 is 1.79 bits per heavy atom. The van der Waals surface area contributed by atoms with Gasteiger partial charge in [0.1, 0.15) is 5.75 Å². The predicted octanol–water partition coefficient (Wildman–Crippen LogP) is 5.33. The second kappa shape index (κ2) is 8.70. The number of carbonyl (C=O) groups is 1. The summed E-state index contributed by atoms with van der Waals surface area (Å²) in [6, 6.07) is 19.4. The highest BCUT2D eigenvalue weighted by molar-refractivity contribution is 5.89. The Labute approximate surface area is 165 Å². The van der Waals surface area contributed by atoms with E-state index in [9.17, 15) is 9.90 Å². The van der Waals surface area contributed by atoms with E-state index in [0.717, 1.165) is 34.6 Å². The molecule has 0 aliphatic carbocycles. The van der Waals surface area contributed by atoms with Crippen LogP contribution >= 0.6 is 0 Å². The van der Waals surface area contributed by atoms with E-state index in [1.165, 1.54) is 0 Å². The van der Waals surface area contributed by atoms with Gasteiger partial charge in [-0.25, -0.2) is 4.79 Å². The fourth-order valence-electron chi connectivity index (χ4n) is 3.14. The number of hydrogen-bond donors (Lipinski definition) is 1. The Morgan fingerprint density at radius 3 is 2.46 bits per heavy atom. The first-order valence-electron chi connectivity index (χ1n) is 9.49. The molecule has 0 atom stereocenters. The zero-order valence-corrected chi connectivity index (χ0v) is 16.5. The number of pyridine rings is 1. The third-order valence-corrected chi connectivity index (χ3v) is 4.47. The Morgan fingerprint density at radius 1 is 1.04 bits per heavy atom. The van der Waals surface area contributed by atoms with Crippen LogP contribution in [0.25, 0.3) is 11.3 Å². The van der Waals surface area contributed by atoms with E-state index in [1.807, 2.05) is 69.3 Å². The summed E-state index contributed by atoms with van der Waals surface area (Å²) >= 11 is 0. The van der Waals surface area contributed by atoms with Gasteiger partial charge in [0.2, 0.25) is 0 Å². The summed E-state index contributed by atoms with van der Waals surface area (Å²) in [6.07, 6.45) is 1.34. The molecule has 2 aromatic carbocycles. The normalized spacial score (nSPS) is 10.9. The van der Waals surface area contributed by atoms with Crippen molar-refractivity contribution < 1.29 is 14.6 Å². The van der Waals surface area contributed by atoms with Crippen LogP contribution < -0.4 is 4.74 Å². The Hall–Kier alpha value is -3.14. The number of carboxylic acids is 1. The van der Waals surface area contributed by atoms with Crippen molar-refractivity contribution in [2.24, 2.45) is 0 Å². The molecule has 144 valence electrons. The van der Waals surface area contributed by atoms with E-state index in [-0.39, 0.29) is 11.7 Å². The highest BCUT2D eigenvalue weighted by atomic mass is 16.5. The highest BCUT2D eigenvalue weighted by Gasteiger charge is 2.16. The Kier molecular flexibility index (Phi) is 6.09. The maximum Gasteiger partial charge on any atom is 0.337 e. The first-order valence-corrected chi connectivity index (χ1v) is 9.49. The SMILES string of the molecule is Cc1ccc(OC(C)C)c(-c2ccc(C(=O)O)c(CCc3ccccc3)n2)c1. The third kappa shape index (κ3) is 4.77. The van der Waals surface area contributed by atoms with Crippen LogP contribution in [0.2, 0.25) is 0 Å². The number of hydrogen-bond acceptors (Lipinski definition) is 3. The van der Waals surface area contributed by atoms with Crippen molar-refractivity contribution in [3.8, 4) is 17.0 Å². The smallest absolute Gasteiger partial charge is 0.337 e. The average molecular weight is 375 g/mol. The molecule has 0 saturated carbocycles. The van der Waals surface area contributed by atoms with Crippen LogP contribution in [0.4, 0.5) is 0 Å². The van der Waals surface area contributed by atoms with Crippen molar-refractivity contribution in [3.05, 3.63) is 83.0 Å². The van der Waals surface area contributed by atoms with E-state index in [4.69, 9.17) is 9.72 Å². The zero-order chi connectivity index (χ0) is 20.1. The summed E-state index contributed by atoms with van der Waals surface area (Å²) < 4.78 is 5.95. The first kappa shape index (κ1) is 19.6. The lowest BCUT2D eigenvalue weighted by Gasteiger charge is -2.16. The summed E-state index contributed by atoms with van der Waals surface area (Å²) in [7, 11) is 0. The van der Waals surface area contributed by atoms with Crippen molar-refractivity contribution in [1.29, 1.82) is 0 Å². The van der Waals surface area contributed by atoms with Gasteiger partial charge in [-0.3, -0.25) is 4.98 Å². The minimum atomic E-state index is -0.954. The molecule has 1 heterocycles. The van der Waals surface area contributed by atoms with Gasteiger partial charge in [0.05, 0.1) is 23.1 Å². The van der Waals surface area contributed by atoms with Gasteiger partial charge in [0.15, 0.2) is 0 Å². The molecular formula is C24H25NO3. The number of benzene rings is 2. The molecule has 0 fully saturated rings. The van der Waals surface area contributed by atoms with Crippen LogP contribution in [-0.2, 0) is 12.8 Å². The number of aromatic nitrogens is 1. The van der Waals surface area contributed by atoms with Gasteiger partial charge >= 0.3 is 5.97 Å². The van der Waals surface area contributed by atoms with Gasteiger partial charge in [-0.1, -0.05) is 42.0 Å². The standard InChI is InChI=1S/C24H25NO3/c1-16(2)28-23-14-9-17(3)15-20(23)22-13-11-19(24(26)27)21(25-22)12-10-18-7-5-4-6-8-18/h4-9,11,13-16H,10,12H2,1-3H3,(H,26,27). The Balaban J connectivity index is 1.99. The van der Waals surface area contributed by atoms with Gasteiger partial charge in [0.25, 0.3) is 0 Å². The summed E-state index contributed by atoms with van der Waals surface area (Å²) in [5.74, 6) is -0.199. The largest absolute Gasteiger partial charge is 0.490 e. The number of ether oxygens (including phenoxy) is 1. The van der Waals surface area contributed by atoms with Crippen molar-refractivity contribution in [2.75, 3.05) is 0 Å². The molecule has 1 aromatic heterocycles. The number of carboxylic acid groups (broad SMARTS) is 1. The van der Waals surface area contributed by atoms with Gasteiger partial charge in [0, 0.05) is 5.56 Å². The predicted molar refractivity (Wildman–Crippen MR) is 111 cm³/mol. The Bertz CT molecular complexity index is 965. The molecule has 0 amide bonds. The van der Waals surface area contributed by atoms with Crippen molar-refractivity contribution in [3.63, 3.8) is 0 Å². The zero-order valence-electron chi connectivity index (χ0n) is 16.5. The monoisotopic (exact) mass is 375 g/mol. The molecule has 0 bridgehead atoms. The molecule has 0 saturated heterocycles. The molecule has 4 heteroatoms. The van der Waals surface area contributed by atoms with Crippen LogP contribution in [-0.4, -0.2) is 22.2 Å². The molecule has 0 radical (unpaired) electrons. The second-order valence-corrected chi connectivity index (χ2v) is 7.15. The van der Waals surface area contributed by atoms with Gasteiger partial charge < -0.3 is 9.84 Å². The van der Waals surface area contributed by atoms with E-state index in [2.05, 4.69) is 0 Å². The van der Waals surface area contributed by atoms with Gasteiger partial charge in [-0.15, -0.1) is 0 Å². The minimum absolute atomic E-state index is 0.0392. The maximum absolute atomic E-state index is 11.7. The van der Waals surface area contributed by atoms with Crippen molar-refractivity contribution in [2.45, 2.75) is 39.7 Å². The first-order chi connectivity index (χ1) is 13.4. The summed E-state index contributed by atoms with van der Waals surface area (Å²) in [6.45, 7) is 5.98. The average Bonchev–Trinajstić information content (AvgIpc) is 2.68. The highest BCUT2D eigenvalue weighted by Crippen LogP contribution is 2.31. The molecule has 1 N–H and O–H groups in total. The summed E-state index contributed by atoms with van der Waals surface area (Å²) in [5, 5.41) is 9.58. The molecule has 0 aliphatic heterocycles. The molecule has 0 spiro atoms. The topological polar surface area (TPSA) is 59.4 Å². The number of aromatic carboxylic acids is 1. The molecule has 28 heavy (non-hydrogen) atoms. The molecule has 0 unspecified atom stereocenters. The van der Waals surface area contributed by atoms with Crippen LogP contribution in [0.3, 0.4) is 0 Å². The maximum atomic E-state index is 11.7. The van der Waals surface area contributed by atoms with E-state index in [0.29, 0.717) is 12.1 Å². The van der Waals surface area contributed by atoms with E-state index < -0.39 is 5.97 Å². The molecule has 0 aliphatic rings. The van der Waals surface area contributed by atoms with Gasteiger partial charge in [-0.05, 0) is 63.4 Å². The second-order valence-electron chi connectivity index (χ2n) is 7.15. The van der Waals surface area contributed by atoms with Crippen molar-refractivity contribution in [1.82, 2.24) is 4.98 Å². The molecule has 3 aromatic rings.